The number of aromatic nitrogens is 2. The molecule has 2 heterocycles. The zero-order chi connectivity index (χ0) is 19.0. The summed E-state index contributed by atoms with van der Waals surface area (Å²) in [7, 11) is 1.60. The molecule has 7 heteroatoms. The van der Waals surface area contributed by atoms with E-state index >= 15 is 0 Å². The summed E-state index contributed by atoms with van der Waals surface area (Å²) >= 11 is 0. The highest BCUT2D eigenvalue weighted by molar-refractivity contribution is 5.96. The van der Waals surface area contributed by atoms with Gasteiger partial charge >= 0.3 is 0 Å². The molecular formula is C20H18FN3O3. The highest BCUT2D eigenvalue weighted by Gasteiger charge is 2.34. The third kappa shape index (κ3) is 3.28. The Hall–Kier alpha value is -3.22. The third-order valence-electron chi connectivity index (χ3n) is 4.74. The van der Waals surface area contributed by atoms with E-state index in [0.29, 0.717) is 29.5 Å². The lowest BCUT2D eigenvalue weighted by molar-refractivity contribution is -0.117. The Morgan fingerprint density at radius 1 is 1.22 bits per heavy atom. The van der Waals surface area contributed by atoms with Crippen molar-refractivity contribution in [1.29, 1.82) is 0 Å². The van der Waals surface area contributed by atoms with E-state index in [4.69, 9.17) is 9.26 Å². The van der Waals surface area contributed by atoms with Crippen molar-refractivity contribution >= 4 is 11.6 Å². The number of aryl methyl sites for hydroxylation is 1. The van der Waals surface area contributed by atoms with Crippen LogP contribution < -0.4 is 9.64 Å². The van der Waals surface area contributed by atoms with Gasteiger partial charge in [0, 0.05) is 30.1 Å². The number of amides is 1. The molecular weight excluding hydrogens is 349 g/mol. The van der Waals surface area contributed by atoms with E-state index in [0.717, 1.165) is 11.3 Å². The van der Waals surface area contributed by atoms with Gasteiger partial charge in [-0.15, -0.1) is 0 Å². The first kappa shape index (κ1) is 17.2. The second-order valence-corrected chi connectivity index (χ2v) is 6.53. The zero-order valence-corrected chi connectivity index (χ0v) is 15.0. The summed E-state index contributed by atoms with van der Waals surface area (Å²) in [5, 5.41) is 4.04. The minimum absolute atomic E-state index is 0.0842. The van der Waals surface area contributed by atoms with Gasteiger partial charge in [0.25, 0.3) is 5.89 Å². The SMILES string of the molecule is COc1ccc(-c2nc(C3CC(=O)N(c4ccc(C)c(F)c4)C3)no2)cc1. The lowest BCUT2D eigenvalue weighted by Crippen LogP contribution is -2.24. The van der Waals surface area contributed by atoms with Crippen molar-refractivity contribution in [3.05, 3.63) is 59.7 Å². The monoisotopic (exact) mass is 367 g/mol. The second-order valence-electron chi connectivity index (χ2n) is 6.53. The summed E-state index contributed by atoms with van der Waals surface area (Å²) in [5.41, 5.74) is 1.87. The van der Waals surface area contributed by atoms with Gasteiger partial charge in [-0.1, -0.05) is 11.2 Å². The van der Waals surface area contributed by atoms with Crippen molar-refractivity contribution in [2.75, 3.05) is 18.6 Å². The maximum atomic E-state index is 13.8. The normalized spacial score (nSPS) is 16.8. The molecule has 1 aliphatic heterocycles. The van der Waals surface area contributed by atoms with E-state index < -0.39 is 0 Å². The van der Waals surface area contributed by atoms with Crippen LogP contribution >= 0.6 is 0 Å². The van der Waals surface area contributed by atoms with E-state index in [1.807, 2.05) is 24.3 Å². The summed E-state index contributed by atoms with van der Waals surface area (Å²) in [6, 6.07) is 12.1. The number of benzene rings is 2. The number of rotatable bonds is 4. The molecule has 27 heavy (non-hydrogen) atoms. The number of methoxy groups -OCH3 is 1. The number of halogens is 1. The summed E-state index contributed by atoms with van der Waals surface area (Å²) in [6.07, 6.45) is 0.261. The fourth-order valence-corrected chi connectivity index (χ4v) is 3.13. The van der Waals surface area contributed by atoms with Crippen molar-refractivity contribution in [3.63, 3.8) is 0 Å². The Labute approximate surface area is 155 Å². The van der Waals surface area contributed by atoms with Crippen LogP contribution in [0.25, 0.3) is 11.5 Å². The smallest absolute Gasteiger partial charge is 0.257 e. The fraction of sp³-hybridized carbons (Fsp3) is 0.250. The van der Waals surface area contributed by atoms with Crippen LogP contribution in [0.3, 0.4) is 0 Å². The van der Waals surface area contributed by atoms with E-state index in [2.05, 4.69) is 10.1 Å². The first-order valence-electron chi connectivity index (χ1n) is 8.59. The van der Waals surface area contributed by atoms with E-state index in [9.17, 15) is 9.18 Å². The Kier molecular flexibility index (Phi) is 4.35. The molecule has 1 aliphatic rings. The largest absolute Gasteiger partial charge is 0.497 e. The zero-order valence-electron chi connectivity index (χ0n) is 15.0. The van der Waals surface area contributed by atoms with E-state index in [-0.39, 0.29) is 24.1 Å². The molecule has 6 nitrogen and oxygen atoms in total. The molecule has 1 atom stereocenters. The Balaban J connectivity index is 1.53. The molecule has 4 rings (SSSR count). The third-order valence-corrected chi connectivity index (χ3v) is 4.74. The van der Waals surface area contributed by atoms with Gasteiger partial charge in [-0.05, 0) is 48.9 Å². The predicted octanol–water partition coefficient (Wildman–Crippen LogP) is 3.71. The molecule has 0 radical (unpaired) electrons. The van der Waals surface area contributed by atoms with Gasteiger partial charge in [-0.25, -0.2) is 4.39 Å². The van der Waals surface area contributed by atoms with Crippen molar-refractivity contribution in [2.24, 2.45) is 0 Å². The quantitative estimate of drug-likeness (QED) is 0.703. The minimum Gasteiger partial charge on any atom is -0.497 e. The standard InChI is InChI=1S/C20H18FN3O3/c1-12-3-6-15(10-17(12)21)24-11-14(9-18(24)25)19-22-20(27-23-19)13-4-7-16(26-2)8-5-13/h3-8,10,14H,9,11H2,1-2H3. The number of carbonyl (C=O) groups is 1. The molecule has 1 unspecified atom stereocenters. The average molecular weight is 367 g/mol. The highest BCUT2D eigenvalue weighted by atomic mass is 19.1. The van der Waals surface area contributed by atoms with Gasteiger partial charge in [-0.2, -0.15) is 4.98 Å². The van der Waals surface area contributed by atoms with Crippen LogP contribution in [0.2, 0.25) is 0 Å². The molecule has 1 amide bonds. The fourth-order valence-electron chi connectivity index (χ4n) is 3.13. The van der Waals surface area contributed by atoms with Crippen LogP contribution in [0.15, 0.2) is 47.0 Å². The molecule has 0 saturated carbocycles. The molecule has 0 bridgehead atoms. The topological polar surface area (TPSA) is 68.5 Å². The van der Waals surface area contributed by atoms with E-state index in [1.165, 1.54) is 6.07 Å². The van der Waals surface area contributed by atoms with Crippen molar-refractivity contribution in [2.45, 2.75) is 19.3 Å². The first-order chi connectivity index (χ1) is 13.0. The summed E-state index contributed by atoms with van der Waals surface area (Å²) in [5.74, 6) is 0.992. The van der Waals surface area contributed by atoms with Gasteiger partial charge in [0.15, 0.2) is 5.82 Å². The number of nitrogens with zero attached hydrogens (tertiary/aromatic N) is 3. The first-order valence-corrected chi connectivity index (χ1v) is 8.59. The minimum atomic E-state index is -0.329. The van der Waals surface area contributed by atoms with Crippen molar-refractivity contribution in [1.82, 2.24) is 10.1 Å². The number of ether oxygens (including phenoxy) is 1. The van der Waals surface area contributed by atoms with Crippen molar-refractivity contribution in [3.8, 4) is 17.2 Å². The predicted molar refractivity (Wildman–Crippen MR) is 97.1 cm³/mol. The maximum absolute atomic E-state index is 13.8. The van der Waals surface area contributed by atoms with Crippen LogP contribution in [0.5, 0.6) is 5.75 Å². The molecule has 0 spiro atoms. The molecule has 2 aromatic carbocycles. The van der Waals surface area contributed by atoms with Crippen LogP contribution in [-0.4, -0.2) is 29.7 Å². The van der Waals surface area contributed by atoms with Crippen LogP contribution in [0.4, 0.5) is 10.1 Å². The van der Waals surface area contributed by atoms with Gasteiger partial charge in [-0.3, -0.25) is 4.79 Å². The Bertz CT molecular complexity index is 984. The van der Waals surface area contributed by atoms with Gasteiger partial charge < -0.3 is 14.2 Å². The summed E-state index contributed by atoms with van der Waals surface area (Å²) in [6.45, 7) is 2.08. The number of hydrogen-bond acceptors (Lipinski definition) is 5. The second kappa shape index (κ2) is 6.83. The Morgan fingerprint density at radius 3 is 2.70 bits per heavy atom. The lowest BCUT2D eigenvalue weighted by atomic mass is 10.1. The van der Waals surface area contributed by atoms with Crippen molar-refractivity contribution < 1.29 is 18.4 Å². The van der Waals surface area contributed by atoms with Gasteiger partial charge in [0.05, 0.1) is 7.11 Å². The summed E-state index contributed by atoms with van der Waals surface area (Å²) in [4.78, 5) is 18.4. The molecule has 0 aliphatic carbocycles. The van der Waals surface area contributed by atoms with Gasteiger partial charge in [0.2, 0.25) is 5.91 Å². The molecule has 1 saturated heterocycles. The number of hydrogen-bond donors (Lipinski definition) is 0. The molecule has 1 aromatic heterocycles. The molecule has 3 aromatic rings. The number of anilines is 1. The summed E-state index contributed by atoms with van der Waals surface area (Å²) < 4.78 is 24.3. The maximum Gasteiger partial charge on any atom is 0.257 e. The van der Waals surface area contributed by atoms with E-state index in [1.54, 1.807) is 31.1 Å². The number of carbonyl (C=O) groups excluding carboxylic acids is 1. The molecule has 138 valence electrons. The highest BCUT2D eigenvalue weighted by Crippen LogP contribution is 2.32. The van der Waals surface area contributed by atoms with Crippen LogP contribution in [-0.2, 0) is 4.79 Å². The Morgan fingerprint density at radius 2 is 2.00 bits per heavy atom. The lowest BCUT2D eigenvalue weighted by Gasteiger charge is -2.16. The average Bonchev–Trinajstić information content (AvgIpc) is 3.31. The molecule has 0 N–H and O–H groups in total. The van der Waals surface area contributed by atoms with Gasteiger partial charge in [0.1, 0.15) is 11.6 Å². The van der Waals surface area contributed by atoms with Crippen LogP contribution in [0, 0.1) is 12.7 Å². The van der Waals surface area contributed by atoms with Crippen LogP contribution in [0.1, 0.15) is 23.7 Å². The molecule has 1 fully saturated rings.